The van der Waals surface area contributed by atoms with Crippen molar-refractivity contribution in [2.45, 2.75) is 0 Å². The van der Waals surface area contributed by atoms with Crippen molar-refractivity contribution in [3.63, 3.8) is 0 Å². The number of hydrogen-bond acceptors (Lipinski definition) is 3. The first-order valence-electron chi connectivity index (χ1n) is 6.10. The van der Waals surface area contributed by atoms with E-state index in [0.29, 0.717) is 21.6 Å². The summed E-state index contributed by atoms with van der Waals surface area (Å²) < 4.78 is 0. The smallest absolute Gasteiger partial charge is 0.243 e. The van der Waals surface area contributed by atoms with E-state index in [9.17, 15) is 4.79 Å². The monoisotopic (exact) mass is 302 g/mol. The lowest BCUT2D eigenvalue weighted by molar-refractivity contribution is -0.115. The number of thioether (sulfide) groups is 1. The van der Waals surface area contributed by atoms with Gasteiger partial charge in [-0.1, -0.05) is 53.7 Å². The van der Waals surface area contributed by atoms with Gasteiger partial charge in [-0.3, -0.25) is 9.69 Å². The minimum absolute atomic E-state index is 0.0343. The van der Waals surface area contributed by atoms with Crippen LogP contribution in [0.1, 0.15) is 0 Å². The van der Waals surface area contributed by atoms with Crippen molar-refractivity contribution in [3.05, 3.63) is 59.6 Å². The molecule has 5 heteroatoms. The van der Waals surface area contributed by atoms with Gasteiger partial charge in [0.15, 0.2) is 5.17 Å². The predicted octanol–water partition coefficient (Wildman–Crippen LogP) is 4.11. The van der Waals surface area contributed by atoms with E-state index >= 15 is 0 Å². The summed E-state index contributed by atoms with van der Waals surface area (Å²) in [5, 5.41) is 1.24. The fourth-order valence-electron chi connectivity index (χ4n) is 1.92. The molecule has 1 heterocycles. The van der Waals surface area contributed by atoms with Crippen LogP contribution in [0.3, 0.4) is 0 Å². The Morgan fingerprint density at radius 3 is 2.50 bits per heavy atom. The van der Waals surface area contributed by atoms with Gasteiger partial charge in [0.1, 0.15) is 0 Å². The second-order valence-corrected chi connectivity index (χ2v) is 5.55. The first-order valence-corrected chi connectivity index (χ1v) is 7.46. The number of benzene rings is 2. The Kier molecular flexibility index (Phi) is 3.76. The van der Waals surface area contributed by atoms with E-state index in [1.807, 2.05) is 48.5 Å². The average molecular weight is 303 g/mol. The topological polar surface area (TPSA) is 32.7 Å². The number of rotatable bonds is 2. The Morgan fingerprint density at radius 1 is 1.05 bits per heavy atom. The van der Waals surface area contributed by atoms with Gasteiger partial charge >= 0.3 is 0 Å². The molecule has 1 aliphatic heterocycles. The van der Waals surface area contributed by atoms with Crippen LogP contribution in [0.2, 0.25) is 5.02 Å². The van der Waals surface area contributed by atoms with Crippen molar-refractivity contribution >= 4 is 45.8 Å². The molecule has 2 aromatic rings. The Balaban J connectivity index is 2.01. The lowest BCUT2D eigenvalue weighted by Crippen LogP contribution is -2.28. The molecule has 0 saturated carbocycles. The van der Waals surface area contributed by atoms with Crippen LogP contribution in [-0.4, -0.2) is 16.8 Å². The summed E-state index contributed by atoms with van der Waals surface area (Å²) in [6.07, 6.45) is 0. The summed E-state index contributed by atoms with van der Waals surface area (Å²) in [5.41, 5.74) is 1.50. The van der Waals surface area contributed by atoms with E-state index in [1.54, 1.807) is 11.0 Å². The van der Waals surface area contributed by atoms with Gasteiger partial charge in [-0.25, -0.2) is 4.99 Å². The Labute approximate surface area is 126 Å². The molecule has 3 nitrogen and oxygen atoms in total. The molecule has 2 aromatic carbocycles. The van der Waals surface area contributed by atoms with Crippen LogP contribution in [0.5, 0.6) is 0 Å². The van der Waals surface area contributed by atoms with Gasteiger partial charge in [0.05, 0.1) is 22.2 Å². The van der Waals surface area contributed by atoms with Crippen molar-refractivity contribution in [2.24, 2.45) is 4.99 Å². The fraction of sp³-hybridized carbons (Fsp3) is 0.0667. The minimum atomic E-state index is 0.0343. The van der Waals surface area contributed by atoms with Crippen LogP contribution >= 0.6 is 23.4 Å². The highest BCUT2D eigenvalue weighted by Crippen LogP contribution is 2.31. The third-order valence-electron chi connectivity index (χ3n) is 2.85. The zero-order valence-electron chi connectivity index (χ0n) is 10.5. The SMILES string of the molecule is O=C1CSC(=Nc2ccccc2Cl)N1c1ccccc1. The highest BCUT2D eigenvalue weighted by Gasteiger charge is 2.29. The molecule has 100 valence electrons. The maximum Gasteiger partial charge on any atom is 0.243 e. The molecule has 0 N–H and O–H groups in total. The summed E-state index contributed by atoms with van der Waals surface area (Å²) in [7, 11) is 0. The van der Waals surface area contributed by atoms with Gasteiger partial charge in [0, 0.05) is 0 Å². The number of amidine groups is 1. The first kappa shape index (κ1) is 13.2. The van der Waals surface area contributed by atoms with E-state index < -0.39 is 0 Å². The standard InChI is InChI=1S/C15H11ClN2OS/c16-12-8-4-5-9-13(12)17-15-18(14(19)10-20-15)11-6-2-1-3-7-11/h1-9H,10H2. The molecule has 0 aliphatic carbocycles. The molecule has 0 bridgehead atoms. The molecular formula is C15H11ClN2OS. The number of anilines is 1. The highest BCUT2D eigenvalue weighted by atomic mass is 35.5. The lowest BCUT2D eigenvalue weighted by atomic mass is 10.3. The van der Waals surface area contributed by atoms with Crippen LogP contribution in [0.25, 0.3) is 0 Å². The van der Waals surface area contributed by atoms with Gasteiger partial charge in [0.25, 0.3) is 0 Å². The fourth-order valence-corrected chi connectivity index (χ4v) is 2.98. The number of amides is 1. The summed E-state index contributed by atoms with van der Waals surface area (Å²) >= 11 is 7.54. The van der Waals surface area contributed by atoms with Gasteiger partial charge < -0.3 is 0 Å². The number of nitrogens with zero attached hydrogens (tertiary/aromatic N) is 2. The molecule has 0 radical (unpaired) electrons. The van der Waals surface area contributed by atoms with Gasteiger partial charge in [-0.15, -0.1) is 0 Å². The predicted molar refractivity (Wildman–Crippen MR) is 84.9 cm³/mol. The van der Waals surface area contributed by atoms with Crippen LogP contribution in [-0.2, 0) is 4.79 Å². The summed E-state index contributed by atoms with van der Waals surface area (Å²) in [6.45, 7) is 0. The average Bonchev–Trinajstić information content (AvgIpc) is 2.83. The lowest BCUT2D eigenvalue weighted by Gasteiger charge is -2.15. The summed E-state index contributed by atoms with van der Waals surface area (Å²) in [6, 6.07) is 16.9. The molecule has 1 fully saturated rings. The third-order valence-corrected chi connectivity index (χ3v) is 4.09. The molecule has 0 aromatic heterocycles. The van der Waals surface area contributed by atoms with E-state index in [-0.39, 0.29) is 5.91 Å². The zero-order chi connectivity index (χ0) is 13.9. The highest BCUT2D eigenvalue weighted by molar-refractivity contribution is 8.15. The zero-order valence-corrected chi connectivity index (χ0v) is 12.1. The maximum absolute atomic E-state index is 12.1. The first-order chi connectivity index (χ1) is 9.75. The van der Waals surface area contributed by atoms with Crippen molar-refractivity contribution in [1.82, 2.24) is 0 Å². The van der Waals surface area contributed by atoms with Gasteiger partial charge in [-0.05, 0) is 24.3 Å². The van der Waals surface area contributed by atoms with Gasteiger partial charge in [-0.2, -0.15) is 0 Å². The van der Waals surface area contributed by atoms with Gasteiger partial charge in [0.2, 0.25) is 5.91 Å². The summed E-state index contributed by atoms with van der Waals surface area (Å²) in [5.74, 6) is 0.435. The molecule has 0 spiro atoms. The second kappa shape index (κ2) is 5.69. The molecular weight excluding hydrogens is 292 g/mol. The van der Waals surface area contributed by atoms with Crippen LogP contribution in [0, 0.1) is 0 Å². The number of carbonyl (C=O) groups excluding carboxylic acids is 1. The van der Waals surface area contributed by atoms with Crippen molar-refractivity contribution in [1.29, 1.82) is 0 Å². The maximum atomic E-state index is 12.1. The van der Waals surface area contributed by atoms with Crippen molar-refractivity contribution in [2.75, 3.05) is 10.7 Å². The molecule has 1 saturated heterocycles. The van der Waals surface area contributed by atoms with Crippen molar-refractivity contribution < 1.29 is 4.79 Å². The molecule has 0 unspecified atom stereocenters. The Morgan fingerprint density at radius 2 is 1.75 bits per heavy atom. The molecule has 1 aliphatic rings. The largest absolute Gasteiger partial charge is 0.273 e. The van der Waals surface area contributed by atoms with Crippen molar-refractivity contribution in [3.8, 4) is 0 Å². The molecule has 3 rings (SSSR count). The van der Waals surface area contributed by atoms with E-state index in [1.165, 1.54) is 11.8 Å². The normalized spacial score (nSPS) is 16.9. The molecule has 0 atom stereocenters. The van der Waals surface area contributed by atoms with Crippen LogP contribution < -0.4 is 4.90 Å². The van der Waals surface area contributed by atoms with Crippen LogP contribution in [0.15, 0.2) is 59.6 Å². The minimum Gasteiger partial charge on any atom is -0.273 e. The molecule has 20 heavy (non-hydrogen) atoms. The van der Waals surface area contributed by atoms with E-state index in [2.05, 4.69) is 4.99 Å². The Bertz CT molecular complexity index is 673. The third kappa shape index (κ3) is 2.57. The number of aliphatic imine (C=N–C) groups is 1. The van der Waals surface area contributed by atoms with Crippen LogP contribution in [0.4, 0.5) is 11.4 Å². The van der Waals surface area contributed by atoms with E-state index in [0.717, 1.165) is 5.69 Å². The summed E-state index contributed by atoms with van der Waals surface area (Å²) in [4.78, 5) is 18.2. The Hall–Kier alpha value is -1.78. The molecule has 1 amide bonds. The quantitative estimate of drug-likeness (QED) is 0.836. The number of para-hydroxylation sites is 2. The van der Waals surface area contributed by atoms with E-state index in [4.69, 9.17) is 11.6 Å². The number of halogens is 1. The number of carbonyl (C=O) groups is 1. The second-order valence-electron chi connectivity index (χ2n) is 4.20. The number of hydrogen-bond donors (Lipinski definition) is 0.